The SMILES string of the molecule is CCn1nc(NCCCN)c(=O)n(CC)c1=O. The highest BCUT2D eigenvalue weighted by Crippen LogP contribution is 1.91. The smallest absolute Gasteiger partial charge is 0.347 e. The Morgan fingerprint density at radius 2 is 2.00 bits per heavy atom. The second-order valence-electron chi connectivity index (χ2n) is 3.57. The van der Waals surface area contributed by atoms with Crippen molar-refractivity contribution in [3.05, 3.63) is 20.8 Å². The highest BCUT2D eigenvalue weighted by atomic mass is 16.2. The Morgan fingerprint density at radius 3 is 2.53 bits per heavy atom. The average Bonchev–Trinajstić information content (AvgIpc) is 2.33. The van der Waals surface area contributed by atoms with Crippen LogP contribution in [0.3, 0.4) is 0 Å². The zero-order valence-corrected chi connectivity index (χ0v) is 10.3. The molecule has 0 atom stereocenters. The van der Waals surface area contributed by atoms with E-state index < -0.39 is 0 Å². The number of hydrogen-bond donors (Lipinski definition) is 2. The van der Waals surface area contributed by atoms with Crippen molar-refractivity contribution in [2.24, 2.45) is 5.73 Å². The molecule has 0 aromatic carbocycles. The number of rotatable bonds is 6. The van der Waals surface area contributed by atoms with Crippen molar-refractivity contribution in [1.29, 1.82) is 0 Å². The molecular formula is C10H19N5O2. The first-order valence-corrected chi connectivity index (χ1v) is 5.81. The van der Waals surface area contributed by atoms with Gasteiger partial charge in [-0.1, -0.05) is 0 Å². The molecule has 0 saturated carbocycles. The van der Waals surface area contributed by atoms with Gasteiger partial charge in [0.2, 0.25) is 5.82 Å². The summed E-state index contributed by atoms with van der Waals surface area (Å²) in [6, 6.07) is 0. The zero-order valence-electron chi connectivity index (χ0n) is 10.3. The van der Waals surface area contributed by atoms with Gasteiger partial charge >= 0.3 is 5.69 Å². The van der Waals surface area contributed by atoms with Crippen LogP contribution in [0.5, 0.6) is 0 Å². The lowest BCUT2D eigenvalue weighted by Gasteiger charge is -2.10. The molecule has 0 saturated heterocycles. The summed E-state index contributed by atoms with van der Waals surface area (Å²) < 4.78 is 2.44. The summed E-state index contributed by atoms with van der Waals surface area (Å²) in [5.41, 5.74) is 4.62. The fourth-order valence-corrected chi connectivity index (χ4v) is 1.46. The van der Waals surface area contributed by atoms with Crippen molar-refractivity contribution in [3.8, 4) is 0 Å². The predicted molar refractivity (Wildman–Crippen MR) is 66.3 cm³/mol. The number of aromatic nitrogens is 3. The minimum atomic E-state index is -0.376. The van der Waals surface area contributed by atoms with Crippen molar-refractivity contribution < 1.29 is 0 Å². The molecule has 1 aromatic rings. The number of aryl methyl sites for hydroxylation is 1. The average molecular weight is 241 g/mol. The number of hydrogen-bond acceptors (Lipinski definition) is 5. The quantitative estimate of drug-likeness (QED) is 0.636. The van der Waals surface area contributed by atoms with E-state index in [1.165, 1.54) is 9.25 Å². The number of nitrogens with one attached hydrogen (secondary N) is 1. The van der Waals surface area contributed by atoms with E-state index in [2.05, 4.69) is 10.4 Å². The molecule has 0 fully saturated rings. The molecule has 7 nitrogen and oxygen atoms in total. The second kappa shape index (κ2) is 6.19. The van der Waals surface area contributed by atoms with Crippen LogP contribution >= 0.6 is 0 Å². The fraction of sp³-hybridized carbons (Fsp3) is 0.700. The van der Waals surface area contributed by atoms with Gasteiger partial charge < -0.3 is 11.1 Å². The summed E-state index contributed by atoms with van der Waals surface area (Å²) in [5, 5.41) is 6.90. The maximum Gasteiger partial charge on any atom is 0.347 e. The van der Waals surface area contributed by atoms with Crippen LogP contribution in [0.2, 0.25) is 0 Å². The fourth-order valence-electron chi connectivity index (χ4n) is 1.46. The van der Waals surface area contributed by atoms with Gasteiger partial charge in [0.05, 0.1) is 0 Å². The third-order valence-electron chi connectivity index (χ3n) is 2.41. The monoisotopic (exact) mass is 241 g/mol. The number of anilines is 1. The van der Waals surface area contributed by atoms with Crippen molar-refractivity contribution in [1.82, 2.24) is 14.3 Å². The van der Waals surface area contributed by atoms with Gasteiger partial charge in [0.25, 0.3) is 5.56 Å². The van der Waals surface area contributed by atoms with E-state index in [4.69, 9.17) is 5.73 Å². The normalized spacial score (nSPS) is 10.5. The first-order valence-electron chi connectivity index (χ1n) is 5.81. The molecule has 0 spiro atoms. The van der Waals surface area contributed by atoms with Crippen LogP contribution < -0.4 is 22.3 Å². The highest BCUT2D eigenvalue weighted by Gasteiger charge is 2.10. The summed E-state index contributed by atoms with van der Waals surface area (Å²) in [6.07, 6.45) is 0.749. The molecular weight excluding hydrogens is 222 g/mol. The standard InChI is InChI=1S/C10H19N5O2/c1-3-14-9(16)8(12-7-5-6-11)13-15(4-2)10(14)17/h3-7,11H2,1-2H3,(H,12,13). The maximum atomic E-state index is 11.9. The largest absolute Gasteiger partial charge is 0.364 e. The Balaban J connectivity index is 3.13. The Hall–Kier alpha value is -1.63. The summed E-state index contributed by atoms with van der Waals surface area (Å²) in [7, 11) is 0. The van der Waals surface area contributed by atoms with Crippen LogP contribution in [0, 0.1) is 0 Å². The van der Waals surface area contributed by atoms with Gasteiger partial charge in [0.1, 0.15) is 0 Å². The van der Waals surface area contributed by atoms with E-state index in [0.717, 1.165) is 6.42 Å². The molecule has 0 aliphatic rings. The van der Waals surface area contributed by atoms with Crippen LogP contribution in [0.1, 0.15) is 20.3 Å². The van der Waals surface area contributed by atoms with E-state index >= 15 is 0 Å². The molecule has 0 bridgehead atoms. The molecule has 7 heteroatoms. The summed E-state index contributed by atoms with van der Waals surface area (Å²) in [6.45, 7) is 5.46. The van der Waals surface area contributed by atoms with Crippen LogP contribution in [0.25, 0.3) is 0 Å². The van der Waals surface area contributed by atoms with Crippen molar-refractivity contribution in [2.45, 2.75) is 33.4 Å². The zero-order chi connectivity index (χ0) is 12.8. The first kappa shape index (κ1) is 13.4. The van der Waals surface area contributed by atoms with Crippen LogP contribution in [-0.4, -0.2) is 27.4 Å². The molecule has 17 heavy (non-hydrogen) atoms. The second-order valence-corrected chi connectivity index (χ2v) is 3.57. The third kappa shape index (κ3) is 2.94. The Labute approximate surface area is 99.2 Å². The highest BCUT2D eigenvalue weighted by molar-refractivity contribution is 5.29. The molecule has 0 unspecified atom stereocenters. The Kier molecular flexibility index (Phi) is 4.89. The lowest BCUT2D eigenvalue weighted by atomic mass is 10.4. The van der Waals surface area contributed by atoms with Gasteiger partial charge in [0, 0.05) is 19.6 Å². The van der Waals surface area contributed by atoms with Gasteiger partial charge in [0.15, 0.2) is 0 Å². The third-order valence-corrected chi connectivity index (χ3v) is 2.41. The van der Waals surface area contributed by atoms with E-state index in [-0.39, 0.29) is 17.1 Å². The molecule has 0 amide bonds. The van der Waals surface area contributed by atoms with E-state index in [9.17, 15) is 9.59 Å². The van der Waals surface area contributed by atoms with Gasteiger partial charge in [-0.05, 0) is 26.8 Å². The molecule has 1 rings (SSSR count). The molecule has 0 radical (unpaired) electrons. The first-order chi connectivity index (χ1) is 8.15. The topological polar surface area (TPSA) is 94.9 Å². The van der Waals surface area contributed by atoms with Crippen LogP contribution in [-0.2, 0) is 13.1 Å². The minimum absolute atomic E-state index is 0.210. The minimum Gasteiger partial charge on any atom is -0.364 e. The molecule has 0 aliphatic heterocycles. The van der Waals surface area contributed by atoms with Crippen molar-refractivity contribution in [2.75, 3.05) is 18.4 Å². The van der Waals surface area contributed by atoms with Crippen molar-refractivity contribution in [3.63, 3.8) is 0 Å². The summed E-state index contributed by atoms with van der Waals surface area (Å²) in [4.78, 5) is 23.6. The van der Waals surface area contributed by atoms with Gasteiger partial charge in [-0.15, -0.1) is 5.10 Å². The molecule has 3 N–H and O–H groups in total. The van der Waals surface area contributed by atoms with E-state index in [0.29, 0.717) is 26.2 Å². The van der Waals surface area contributed by atoms with Crippen LogP contribution in [0.15, 0.2) is 9.59 Å². The van der Waals surface area contributed by atoms with E-state index in [1.807, 2.05) is 6.92 Å². The molecule has 1 aromatic heterocycles. The summed E-state index contributed by atoms with van der Waals surface area (Å²) >= 11 is 0. The molecule has 0 aliphatic carbocycles. The Morgan fingerprint density at radius 1 is 1.29 bits per heavy atom. The van der Waals surface area contributed by atoms with Crippen LogP contribution in [0.4, 0.5) is 5.82 Å². The number of nitrogens with zero attached hydrogens (tertiary/aromatic N) is 3. The summed E-state index contributed by atoms with van der Waals surface area (Å²) in [5.74, 6) is 0.210. The predicted octanol–water partition coefficient (Wildman–Crippen LogP) is -0.794. The van der Waals surface area contributed by atoms with Crippen molar-refractivity contribution >= 4 is 5.82 Å². The van der Waals surface area contributed by atoms with Gasteiger partial charge in [-0.3, -0.25) is 9.36 Å². The van der Waals surface area contributed by atoms with Gasteiger partial charge in [-0.2, -0.15) is 0 Å². The lowest BCUT2D eigenvalue weighted by Crippen LogP contribution is -2.42. The molecule has 1 heterocycles. The maximum absolute atomic E-state index is 11.9. The van der Waals surface area contributed by atoms with E-state index in [1.54, 1.807) is 6.92 Å². The Bertz CT molecular complexity index is 477. The number of nitrogens with two attached hydrogens (primary N) is 1. The molecule has 96 valence electrons. The lowest BCUT2D eigenvalue weighted by molar-refractivity contribution is 0.524. The van der Waals surface area contributed by atoms with Gasteiger partial charge in [-0.25, -0.2) is 9.48 Å².